The van der Waals surface area contributed by atoms with Crippen LogP contribution in [-0.2, 0) is 0 Å². The van der Waals surface area contributed by atoms with E-state index in [4.69, 9.17) is 5.11 Å². The Morgan fingerprint density at radius 1 is 0.786 bits per heavy atom. The fourth-order valence-corrected chi connectivity index (χ4v) is 1.83. The number of alkyl halides is 1. The van der Waals surface area contributed by atoms with E-state index >= 15 is 0 Å². The Kier molecular flexibility index (Phi) is 13.3. The normalized spacial score (nSPS) is 11.3. The van der Waals surface area contributed by atoms with E-state index < -0.39 is 0 Å². The van der Waals surface area contributed by atoms with Crippen LogP contribution in [0.25, 0.3) is 0 Å². The van der Waals surface area contributed by atoms with Gasteiger partial charge in [-0.05, 0) is 19.3 Å². The number of rotatable bonds is 10. The summed E-state index contributed by atoms with van der Waals surface area (Å²) in [7, 11) is 0. The maximum absolute atomic E-state index is 8.50. The van der Waals surface area contributed by atoms with Crippen LogP contribution in [0.2, 0.25) is 0 Å². The molecule has 1 nitrogen and oxygen atoms in total. The lowest BCUT2D eigenvalue weighted by Crippen LogP contribution is -1.81. The molecular weight excluding hydrogens is 240 g/mol. The molecule has 0 aromatic heterocycles. The molecule has 0 rings (SSSR count). The first-order valence-electron chi connectivity index (χ1n) is 5.73. The summed E-state index contributed by atoms with van der Waals surface area (Å²) in [6, 6.07) is 0. The van der Waals surface area contributed by atoms with Gasteiger partial charge in [0.15, 0.2) is 0 Å². The molecule has 0 aliphatic heterocycles. The van der Waals surface area contributed by atoms with Crippen LogP contribution in [0.3, 0.4) is 0 Å². The van der Waals surface area contributed by atoms with E-state index in [1.807, 2.05) is 6.08 Å². The molecule has 0 atom stereocenters. The second-order valence-electron chi connectivity index (χ2n) is 3.61. The third kappa shape index (κ3) is 12.2. The van der Waals surface area contributed by atoms with Gasteiger partial charge in [0.2, 0.25) is 0 Å². The second kappa shape index (κ2) is 13.2. The largest absolute Gasteiger partial charge is 0.392 e. The summed E-state index contributed by atoms with van der Waals surface area (Å²) in [5, 5.41) is 9.65. The first-order chi connectivity index (χ1) is 6.91. The lowest BCUT2D eigenvalue weighted by atomic mass is 10.1. The molecule has 0 aromatic carbocycles. The highest BCUT2D eigenvalue weighted by Gasteiger charge is 1.90. The summed E-state index contributed by atoms with van der Waals surface area (Å²) in [5.74, 6) is 0. The van der Waals surface area contributed by atoms with Crippen LogP contribution in [0.15, 0.2) is 12.2 Å². The van der Waals surface area contributed by atoms with Gasteiger partial charge in [-0.3, -0.25) is 0 Å². The van der Waals surface area contributed by atoms with Gasteiger partial charge in [-0.15, -0.1) is 0 Å². The summed E-state index contributed by atoms with van der Waals surface area (Å²) >= 11 is 3.44. The van der Waals surface area contributed by atoms with Crippen molar-refractivity contribution in [2.75, 3.05) is 11.9 Å². The lowest BCUT2D eigenvalue weighted by molar-refractivity contribution is 0.342. The van der Waals surface area contributed by atoms with Crippen molar-refractivity contribution in [1.82, 2.24) is 0 Å². The molecule has 0 aliphatic rings. The van der Waals surface area contributed by atoms with Gasteiger partial charge in [-0.2, -0.15) is 0 Å². The van der Waals surface area contributed by atoms with Crippen molar-refractivity contribution in [2.24, 2.45) is 0 Å². The molecule has 0 heterocycles. The van der Waals surface area contributed by atoms with Crippen LogP contribution in [-0.4, -0.2) is 17.0 Å². The fraction of sp³-hybridized carbons (Fsp3) is 0.833. The van der Waals surface area contributed by atoms with Crippen LogP contribution in [0, 0.1) is 0 Å². The van der Waals surface area contributed by atoms with Gasteiger partial charge < -0.3 is 5.11 Å². The molecule has 0 fully saturated rings. The van der Waals surface area contributed by atoms with Gasteiger partial charge in [-0.1, -0.05) is 60.2 Å². The van der Waals surface area contributed by atoms with Crippen molar-refractivity contribution in [3.05, 3.63) is 12.2 Å². The smallest absolute Gasteiger partial charge is 0.0612 e. The zero-order valence-corrected chi connectivity index (χ0v) is 10.6. The molecular formula is C12H23BrO. The van der Waals surface area contributed by atoms with Gasteiger partial charge in [0.05, 0.1) is 6.61 Å². The molecule has 84 valence electrons. The molecule has 0 amide bonds. The summed E-state index contributed by atoms with van der Waals surface area (Å²) in [5.41, 5.74) is 0. The highest BCUT2D eigenvalue weighted by atomic mass is 79.9. The number of aliphatic hydroxyl groups is 1. The quantitative estimate of drug-likeness (QED) is 0.358. The zero-order valence-electron chi connectivity index (χ0n) is 9.05. The van der Waals surface area contributed by atoms with Gasteiger partial charge in [0.1, 0.15) is 0 Å². The number of unbranched alkanes of at least 4 members (excludes halogenated alkanes) is 7. The summed E-state index contributed by atoms with van der Waals surface area (Å²) in [6.45, 7) is 0.187. The molecule has 0 bridgehead atoms. The van der Waals surface area contributed by atoms with Crippen molar-refractivity contribution in [3.63, 3.8) is 0 Å². The Morgan fingerprint density at radius 2 is 1.36 bits per heavy atom. The molecule has 1 N–H and O–H groups in total. The predicted octanol–water partition coefficient (Wildman–Crippen LogP) is 4.05. The highest BCUT2D eigenvalue weighted by molar-refractivity contribution is 9.09. The minimum atomic E-state index is 0.187. The molecule has 0 unspecified atom stereocenters. The van der Waals surface area contributed by atoms with Crippen molar-refractivity contribution >= 4 is 15.9 Å². The van der Waals surface area contributed by atoms with E-state index in [0.717, 1.165) is 11.8 Å². The molecule has 0 saturated carbocycles. The van der Waals surface area contributed by atoms with Crippen molar-refractivity contribution in [1.29, 1.82) is 0 Å². The van der Waals surface area contributed by atoms with Crippen LogP contribution in [0.1, 0.15) is 51.4 Å². The van der Waals surface area contributed by atoms with Crippen molar-refractivity contribution < 1.29 is 5.11 Å². The minimum Gasteiger partial charge on any atom is -0.392 e. The average molecular weight is 263 g/mol. The van der Waals surface area contributed by atoms with Gasteiger partial charge in [0.25, 0.3) is 0 Å². The molecule has 2 heteroatoms. The molecule has 0 saturated heterocycles. The van der Waals surface area contributed by atoms with Crippen LogP contribution in [0.5, 0.6) is 0 Å². The maximum atomic E-state index is 8.50. The van der Waals surface area contributed by atoms with Crippen LogP contribution < -0.4 is 0 Å². The third-order valence-electron chi connectivity index (χ3n) is 2.28. The Labute approximate surface area is 96.7 Å². The summed E-state index contributed by atoms with van der Waals surface area (Å²) in [4.78, 5) is 0. The van der Waals surface area contributed by atoms with Crippen LogP contribution >= 0.6 is 15.9 Å². The van der Waals surface area contributed by atoms with Crippen molar-refractivity contribution in [3.8, 4) is 0 Å². The molecule has 0 aromatic rings. The van der Waals surface area contributed by atoms with Gasteiger partial charge in [-0.25, -0.2) is 0 Å². The second-order valence-corrected chi connectivity index (χ2v) is 4.40. The van der Waals surface area contributed by atoms with E-state index in [1.165, 1.54) is 44.9 Å². The van der Waals surface area contributed by atoms with E-state index in [-0.39, 0.29) is 6.61 Å². The third-order valence-corrected chi connectivity index (χ3v) is 2.84. The number of aliphatic hydroxyl groups excluding tert-OH is 1. The number of hydrogen-bond acceptors (Lipinski definition) is 1. The Balaban J connectivity index is 2.88. The summed E-state index contributed by atoms with van der Waals surface area (Å²) in [6.07, 6.45) is 14.5. The number of halogens is 1. The molecule has 14 heavy (non-hydrogen) atoms. The Hall–Kier alpha value is 0.180. The predicted molar refractivity (Wildman–Crippen MR) is 67.0 cm³/mol. The van der Waals surface area contributed by atoms with Gasteiger partial charge in [0, 0.05) is 5.33 Å². The number of hydrogen-bond donors (Lipinski definition) is 1. The highest BCUT2D eigenvalue weighted by Crippen LogP contribution is 2.09. The SMILES string of the molecule is OC/C=C/CCCCCCCCCBr. The topological polar surface area (TPSA) is 20.2 Å². The van der Waals surface area contributed by atoms with Gasteiger partial charge >= 0.3 is 0 Å². The first kappa shape index (κ1) is 14.2. The first-order valence-corrected chi connectivity index (χ1v) is 6.85. The lowest BCUT2D eigenvalue weighted by Gasteiger charge is -1.99. The van der Waals surface area contributed by atoms with Crippen LogP contribution in [0.4, 0.5) is 0 Å². The van der Waals surface area contributed by atoms with Crippen molar-refractivity contribution in [2.45, 2.75) is 51.4 Å². The minimum absolute atomic E-state index is 0.187. The number of allylic oxidation sites excluding steroid dienone is 1. The van der Waals surface area contributed by atoms with E-state index in [9.17, 15) is 0 Å². The zero-order chi connectivity index (χ0) is 10.5. The van der Waals surface area contributed by atoms with E-state index in [1.54, 1.807) is 0 Å². The summed E-state index contributed by atoms with van der Waals surface area (Å²) < 4.78 is 0. The fourth-order valence-electron chi connectivity index (χ4n) is 1.43. The maximum Gasteiger partial charge on any atom is 0.0612 e. The van der Waals surface area contributed by atoms with E-state index in [2.05, 4.69) is 22.0 Å². The van der Waals surface area contributed by atoms with E-state index in [0.29, 0.717) is 0 Å². The average Bonchev–Trinajstić information content (AvgIpc) is 2.21. The molecule has 0 aliphatic carbocycles. The Morgan fingerprint density at radius 3 is 1.93 bits per heavy atom. The monoisotopic (exact) mass is 262 g/mol. The molecule has 0 radical (unpaired) electrons. The standard InChI is InChI=1S/C12H23BrO/c13-11-9-7-5-3-1-2-4-6-8-10-12-14/h8,10,14H,1-7,9,11-12H2/b10-8+. The Bertz CT molecular complexity index is 123. The molecule has 0 spiro atoms.